The smallest absolute Gasteiger partial charge is 0.257 e. The number of aromatic nitrogens is 1. The summed E-state index contributed by atoms with van der Waals surface area (Å²) in [5.41, 5.74) is 1.06. The average Bonchev–Trinajstić information content (AvgIpc) is 3.07. The predicted molar refractivity (Wildman–Crippen MR) is 101 cm³/mol. The quantitative estimate of drug-likeness (QED) is 0.656. The van der Waals surface area contributed by atoms with Gasteiger partial charge in [0.15, 0.2) is 16.6 Å². The SMILES string of the molecule is CCCCNC(=O)Cc1csc(NC(=O)c2ccc(OC)c(OC)c2)n1. The average molecular weight is 377 g/mol. The number of ether oxygens (including phenoxy) is 2. The number of nitrogens with one attached hydrogen (secondary N) is 2. The fraction of sp³-hybridized carbons (Fsp3) is 0.389. The van der Waals surface area contributed by atoms with Crippen LogP contribution >= 0.6 is 11.3 Å². The lowest BCUT2D eigenvalue weighted by atomic mass is 10.2. The van der Waals surface area contributed by atoms with Gasteiger partial charge >= 0.3 is 0 Å². The second kappa shape index (κ2) is 9.76. The summed E-state index contributed by atoms with van der Waals surface area (Å²) < 4.78 is 10.4. The molecule has 0 aliphatic heterocycles. The number of rotatable bonds is 9. The van der Waals surface area contributed by atoms with Crippen LogP contribution in [0.15, 0.2) is 23.6 Å². The number of thiazole rings is 1. The highest BCUT2D eigenvalue weighted by molar-refractivity contribution is 7.14. The first-order valence-electron chi connectivity index (χ1n) is 8.31. The van der Waals surface area contributed by atoms with Crippen LogP contribution in [0.2, 0.25) is 0 Å². The predicted octanol–water partition coefficient (Wildman–Crippen LogP) is 2.87. The highest BCUT2D eigenvalue weighted by atomic mass is 32.1. The third-order valence-corrected chi connectivity index (χ3v) is 4.42. The molecule has 0 saturated heterocycles. The molecule has 0 fully saturated rings. The summed E-state index contributed by atoms with van der Waals surface area (Å²) in [6.45, 7) is 2.74. The fourth-order valence-corrected chi connectivity index (χ4v) is 2.93. The number of benzene rings is 1. The zero-order valence-corrected chi connectivity index (χ0v) is 15.9. The maximum absolute atomic E-state index is 12.4. The Kier molecular flexibility index (Phi) is 7.40. The van der Waals surface area contributed by atoms with Gasteiger partial charge in [0, 0.05) is 17.5 Å². The van der Waals surface area contributed by atoms with Gasteiger partial charge in [0.1, 0.15) is 0 Å². The maximum Gasteiger partial charge on any atom is 0.257 e. The molecular weight excluding hydrogens is 354 g/mol. The van der Waals surface area contributed by atoms with E-state index in [4.69, 9.17) is 9.47 Å². The van der Waals surface area contributed by atoms with Crippen LogP contribution in [0.3, 0.4) is 0 Å². The zero-order valence-electron chi connectivity index (χ0n) is 15.1. The molecule has 140 valence electrons. The molecule has 0 radical (unpaired) electrons. The van der Waals surface area contributed by atoms with E-state index in [1.807, 2.05) is 0 Å². The summed E-state index contributed by atoms with van der Waals surface area (Å²) in [4.78, 5) is 28.5. The van der Waals surface area contributed by atoms with E-state index in [1.165, 1.54) is 25.6 Å². The van der Waals surface area contributed by atoms with Gasteiger partial charge in [-0.05, 0) is 24.6 Å². The van der Waals surface area contributed by atoms with Gasteiger partial charge in [-0.2, -0.15) is 0 Å². The lowest BCUT2D eigenvalue weighted by molar-refractivity contribution is -0.120. The minimum atomic E-state index is -0.306. The van der Waals surface area contributed by atoms with Crippen molar-refractivity contribution in [3.63, 3.8) is 0 Å². The standard InChI is InChI=1S/C18H23N3O4S/c1-4-5-8-19-16(22)10-13-11-26-18(20-13)21-17(23)12-6-7-14(24-2)15(9-12)25-3/h6-7,9,11H,4-5,8,10H2,1-3H3,(H,19,22)(H,20,21,23). The van der Waals surface area contributed by atoms with Crippen molar-refractivity contribution in [2.75, 3.05) is 26.1 Å². The molecule has 0 saturated carbocycles. The summed E-state index contributed by atoms with van der Waals surface area (Å²) in [7, 11) is 3.05. The van der Waals surface area contributed by atoms with Crippen molar-refractivity contribution in [1.29, 1.82) is 0 Å². The molecule has 0 atom stereocenters. The topological polar surface area (TPSA) is 89.6 Å². The minimum absolute atomic E-state index is 0.0680. The van der Waals surface area contributed by atoms with Crippen LogP contribution in [0.5, 0.6) is 11.5 Å². The molecule has 1 aromatic carbocycles. The molecule has 1 aromatic heterocycles. The first-order chi connectivity index (χ1) is 12.6. The first-order valence-corrected chi connectivity index (χ1v) is 9.19. The first kappa shape index (κ1) is 19.7. The lowest BCUT2D eigenvalue weighted by Gasteiger charge is -2.09. The second-order valence-electron chi connectivity index (χ2n) is 5.55. The number of hydrogen-bond acceptors (Lipinski definition) is 6. The Morgan fingerprint density at radius 3 is 2.65 bits per heavy atom. The van der Waals surface area contributed by atoms with Crippen molar-refractivity contribution in [2.45, 2.75) is 26.2 Å². The number of anilines is 1. The van der Waals surface area contributed by atoms with Crippen molar-refractivity contribution in [3.8, 4) is 11.5 Å². The molecule has 8 heteroatoms. The third-order valence-electron chi connectivity index (χ3n) is 3.61. The van der Waals surface area contributed by atoms with E-state index < -0.39 is 0 Å². The molecule has 0 aliphatic rings. The van der Waals surface area contributed by atoms with Crippen molar-refractivity contribution in [2.24, 2.45) is 0 Å². The number of methoxy groups -OCH3 is 2. The van der Waals surface area contributed by atoms with E-state index in [2.05, 4.69) is 22.5 Å². The van der Waals surface area contributed by atoms with E-state index in [1.54, 1.807) is 23.6 Å². The van der Waals surface area contributed by atoms with Crippen LogP contribution in [0.4, 0.5) is 5.13 Å². The van der Waals surface area contributed by atoms with Crippen LogP contribution < -0.4 is 20.1 Å². The summed E-state index contributed by atoms with van der Waals surface area (Å²) in [6, 6.07) is 4.91. The van der Waals surface area contributed by atoms with Crippen LogP contribution in [0, 0.1) is 0 Å². The Morgan fingerprint density at radius 1 is 1.19 bits per heavy atom. The summed E-state index contributed by atoms with van der Waals surface area (Å²) in [6.07, 6.45) is 2.19. The molecule has 0 unspecified atom stereocenters. The Labute approximate surface area is 156 Å². The van der Waals surface area contributed by atoms with E-state index in [0.29, 0.717) is 34.4 Å². The van der Waals surface area contributed by atoms with Crippen molar-refractivity contribution in [3.05, 3.63) is 34.8 Å². The maximum atomic E-state index is 12.4. The number of hydrogen-bond donors (Lipinski definition) is 2. The number of unbranched alkanes of at least 4 members (excludes halogenated alkanes) is 1. The lowest BCUT2D eigenvalue weighted by Crippen LogP contribution is -2.26. The Hall–Kier alpha value is -2.61. The summed E-state index contributed by atoms with van der Waals surface area (Å²) >= 11 is 1.28. The van der Waals surface area contributed by atoms with Crippen LogP contribution in [-0.2, 0) is 11.2 Å². The molecule has 7 nitrogen and oxygen atoms in total. The highest BCUT2D eigenvalue weighted by Gasteiger charge is 2.13. The Morgan fingerprint density at radius 2 is 1.96 bits per heavy atom. The van der Waals surface area contributed by atoms with Gasteiger partial charge in [-0.1, -0.05) is 13.3 Å². The van der Waals surface area contributed by atoms with Gasteiger partial charge in [-0.3, -0.25) is 14.9 Å². The fourth-order valence-electron chi connectivity index (χ4n) is 2.22. The van der Waals surface area contributed by atoms with Crippen LogP contribution in [0.1, 0.15) is 35.8 Å². The van der Waals surface area contributed by atoms with Gasteiger partial charge < -0.3 is 14.8 Å². The number of nitrogens with zero attached hydrogens (tertiary/aromatic N) is 1. The number of carbonyl (C=O) groups excluding carboxylic acids is 2. The molecule has 0 bridgehead atoms. The van der Waals surface area contributed by atoms with E-state index in [-0.39, 0.29) is 18.2 Å². The normalized spacial score (nSPS) is 10.3. The number of carbonyl (C=O) groups is 2. The van der Waals surface area contributed by atoms with Gasteiger partial charge in [-0.15, -0.1) is 11.3 Å². The number of amides is 2. The molecule has 1 heterocycles. The van der Waals surface area contributed by atoms with E-state index in [9.17, 15) is 9.59 Å². The molecule has 2 rings (SSSR count). The molecule has 0 aliphatic carbocycles. The van der Waals surface area contributed by atoms with E-state index >= 15 is 0 Å². The van der Waals surface area contributed by atoms with Gasteiger partial charge in [0.05, 0.1) is 26.3 Å². The highest BCUT2D eigenvalue weighted by Crippen LogP contribution is 2.28. The summed E-state index contributed by atoms with van der Waals surface area (Å²) in [5.74, 6) is 0.652. The van der Waals surface area contributed by atoms with Crippen LogP contribution in [-0.4, -0.2) is 37.6 Å². The van der Waals surface area contributed by atoms with Gasteiger partial charge in [-0.25, -0.2) is 4.98 Å². The summed E-state index contributed by atoms with van der Waals surface area (Å²) in [5, 5.41) is 7.79. The second-order valence-corrected chi connectivity index (χ2v) is 6.41. The molecule has 2 N–H and O–H groups in total. The Balaban J connectivity index is 1.96. The van der Waals surface area contributed by atoms with Gasteiger partial charge in [0.25, 0.3) is 5.91 Å². The molecule has 2 amide bonds. The van der Waals surface area contributed by atoms with Crippen molar-refractivity contribution in [1.82, 2.24) is 10.3 Å². The zero-order chi connectivity index (χ0) is 18.9. The van der Waals surface area contributed by atoms with Gasteiger partial charge in [0.2, 0.25) is 5.91 Å². The monoisotopic (exact) mass is 377 g/mol. The largest absolute Gasteiger partial charge is 0.493 e. The van der Waals surface area contributed by atoms with E-state index in [0.717, 1.165) is 12.8 Å². The minimum Gasteiger partial charge on any atom is -0.493 e. The Bertz CT molecular complexity index is 761. The third kappa shape index (κ3) is 5.45. The van der Waals surface area contributed by atoms with Crippen molar-refractivity contribution < 1.29 is 19.1 Å². The van der Waals surface area contributed by atoms with Crippen molar-refractivity contribution >= 4 is 28.3 Å². The molecule has 26 heavy (non-hydrogen) atoms. The molecule has 0 spiro atoms. The van der Waals surface area contributed by atoms with Crippen LogP contribution in [0.25, 0.3) is 0 Å². The molecular formula is C18H23N3O4S. The molecule has 2 aromatic rings.